The fraction of sp³-hybridized carbons (Fsp3) is 0.333. The summed E-state index contributed by atoms with van der Waals surface area (Å²) in [5.74, 6) is 0.821. The smallest absolute Gasteiger partial charge is 0.00884 e. The van der Waals surface area contributed by atoms with Crippen molar-refractivity contribution in [3.63, 3.8) is 0 Å². The van der Waals surface area contributed by atoms with Crippen LogP contribution in [-0.2, 0) is 0 Å². The standard InChI is InChI=1S/C18H20/c1-2-4-8-15(7-3-1)17-11-13-18(14-12-17)16-9-5-6-10-16/h1-4,7,11-14,16H,5-6,8-10H2. The molecule has 1 aromatic carbocycles. The Bertz CT molecular complexity index is 479. The van der Waals surface area contributed by atoms with Crippen molar-refractivity contribution in [3.05, 3.63) is 65.8 Å². The average molecular weight is 236 g/mol. The van der Waals surface area contributed by atoms with Gasteiger partial charge in [0.1, 0.15) is 0 Å². The number of benzene rings is 1. The highest BCUT2D eigenvalue weighted by molar-refractivity contribution is 5.69. The summed E-state index contributed by atoms with van der Waals surface area (Å²) in [4.78, 5) is 0. The molecule has 1 fully saturated rings. The van der Waals surface area contributed by atoms with E-state index in [-0.39, 0.29) is 0 Å². The molecule has 2 aliphatic rings. The lowest BCUT2D eigenvalue weighted by molar-refractivity contribution is 0.723. The van der Waals surface area contributed by atoms with E-state index in [4.69, 9.17) is 0 Å². The average Bonchev–Trinajstić information content (AvgIpc) is 2.82. The first-order valence-electron chi connectivity index (χ1n) is 7.06. The molecule has 18 heavy (non-hydrogen) atoms. The van der Waals surface area contributed by atoms with Crippen molar-refractivity contribution < 1.29 is 0 Å². The molecule has 1 saturated carbocycles. The van der Waals surface area contributed by atoms with Gasteiger partial charge in [0, 0.05) is 0 Å². The number of allylic oxidation sites excluding steroid dienone is 6. The molecule has 0 heteroatoms. The van der Waals surface area contributed by atoms with Crippen LogP contribution >= 0.6 is 0 Å². The minimum atomic E-state index is 0.821. The Morgan fingerprint density at radius 3 is 2.39 bits per heavy atom. The molecule has 2 aliphatic carbocycles. The molecule has 0 amide bonds. The predicted molar refractivity (Wildman–Crippen MR) is 78.5 cm³/mol. The summed E-state index contributed by atoms with van der Waals surface area (Å²) in [7, 11) is 0. The number of hydrogen-bond acceptors (Lipinski definition) is 0. The maximum absolute atomic E-state index is 2.34. The highest BCUT2D eigenvalue weighted by Crippen LogP contribution is 2.34. The fourth-order valence-corrected chi connectivity index (χ4v) is 3.02. The van der Waals surface area contributed by atoms with E-state index in [2.05, 4.69) is 54.6 Å². The zero-order valence-electron chi connectivity index (χ0n) is 10.8. The molecule has 0 N–H and O–H groups in total. The summed E-state index contributed by atoms with van der Waals surface area (Å²) < 4.78 is 0. The molecule has 0 aliphatic heterocycles. The van der Waals surface area contributed by atoms with Gasteiger partial charge in [-0.2, -0.15) is 0 Å². The first-order chi connectivity index (χ1) is 8.93. The Balaban J connectivity index is 1.80. The van der Waals surface area contributed by atoms with Crippen molar-refractivity contribution in [1.82, 2.24) is 0 Å². The molecule has 3 rings (SSSR count). The Morgan fingerprint density at radius 2 is 1.61 bits per heavy atom. The van der Waals surface area contributed by atoms with Gasteiger partial charge in [-0.05, 0) is 41.9 Å². The molecule has 1 aromatic rings. The first kappa shape index (κ1) is 11.5. The third-order valence-electron chi connectivity index (χ3n) is 4.10. The predicted octanol–water partition coefficient (Wildman–Crippen LogP) is 5.24. The second kappa shape index (κ2) is 5.39. The molecule has 92 valence electrons. The Hall–Kier alpha value is -1.56. The molecule has 0 saturated heterocycles. The van der Waals surface area contributed by atoms with Crippen LogP contribution in [0.5, 0.6) is 0 Å². The highest BCUT2D eigenvalue weighted by atomic mass is 14.2. The van der Waals surface area contributed by atoms with Gasteiger partial charge in [0.15, 0.2) is 0 Å². The quantitative estimate of drug-likeness (QED) is 0.658. The van der Waals surface area contributed by atoms with E-state index in [1.807, 2.05) is 0 Å². The summed E-state index contributed by atoms with van der Waals surface area (Å²) >= 11 is 0. The first-order valence-corrected chi connectivity index (χ1v) is 7.06. The van der Waals surface area contributed by atoms with Crippen molar-refractivity contribution in [2.24, 2.45) is 0 Å². The van der Waals surface area contributed by atoms with E-state index in [0.29, 0.717) is 0 Å². The third kappa shape index (κ3) is 2.48. The number of rotatable bonds is 2. The van der Waals surface area contributed by atoms with Gasteiger partial charge >= 0.3 is 0 Å². The number of hydrogen-bond donors (Lipinski definition) is 0. The maximum Gasteiger partial charge on any atom is -0.00884 e. The largest absolute Gasteiger partial charge is 0.0801 e. The lowest BCUT2D eigenvalue weighted by Crippen LogP contribution is -1.92. The Morgan fingerprint density at radius 1 is 0.833 bits per heavy atom. The summed E-state index contributed by atoms with van der Waals surface area (Å²) in [5, 5.41) is 0. The van der Waals surface area contributed by atoms with Gasteiger partial charge in [0.05, 0.1) is 0 Å². The third-order valence-corrected chi connectivity index (χ3v) is 4.10. The van der Waals surface area contributed by atoms with Crippen LogP contribution in [-0.4, -0.2) is 0 Å². The van der Waals surface area contributed by atoms with Crippen LogP contribution in [0.1, 0.15) is 49.1 Å². The molecule has 0 bridgehead atoms. The molecule has 0 radical (unpaired) electrons. The van der Waals surface area contributed by atoms with Gasteiger partial charge in [0.2, 0.25) is 0 Å². The molecular formula is C18H20. The van der Waals surface area contributed by atoms with E-state index in [1.165, 1.54) is 42.4 Å². The Kier molecular flexibility index (Phi) is 3.45. The van der Waals surface area contributed by atoms with Crippen molar-refractivity contribution in [2.75, 3.05) is 0 Å². The second-order valence-electron chi connectivity index (χ2n) is 5.31. The van der Waals surface area contributed by atoms with Crippen LogP contribution in [0.25, 0.3) is 5.57 Å². The van der Waals surface area contributed by atoms with Crippen molar-refractivity contribution in [3.8, 4) is 0 Å². The van der Waals surface area contributed by atoms with Crippen LogP contribution in [0.15, 0.2) is 54.6 Å². The SMILES string of the molecule is C1=CC=C(c2ccc(C3CCCC3)cc2)CC=C1. The van der Waals surface area contributed by atoms with Gasteiger partial charge in [-0.25, -0.2) is 0 Å². The summed E-state index contributed by atoms with van der Waals surface area (Å²) in [6.07, 6.45) is 17.4. The summed E-state index contributed by atoms with van der Waals surface area (Å²) in [5.41, 5.74) is 4.32. The lowest BCUT2D eigenvalue weighted by Gasteiger charge is -2.11. The normalized spacial score (nSPS) is 19.9. The van der Waals surface area contributed by atoms with Crippen LogP contribution in [0.2, 0.25) is 0 Å². The zero-order valence-corrected chi connectivity index (χ0v) is 10.8. The monoisotopic (exact) mass is 236 g/mol. The fourth-order valence-electron chi connectivity index (χ4n) is 3.02. The summed E-state index contributed by atoms with van der Waals surface area (Å²) in [6.45, 7) is 0. The van der Waals surface area contributed by atoms with E-state index in [0.717, 1.165) is 12.3 Å². The van der Waals surface area contributed by atoms with Crippen LogP contribution in [0, 0.1) is 0 Å². The van der Waals surface area contributed by atoms with Gasteiger partial charge < -0.3 is 0 Å². The molecule has 0 atom stereocenters. The van der Waals surface area contributed by atoms with Gasteiger partial charge in [-0.3, -0.25) is 0 Å². The molecule has 0 spiro atoms. The van der Waals surface area contributed by atoms with Crippen LogP contribution in [0.3, 0.4) is 0 Å². The minimum Gasteiger partial charge on any atom is -0.0801 e. The zero-order chi connectivity index (χ0) is 12.2. The van der Waals surface area contributed by atoms with Gasteiger partial charge in [0.25, 0.3) is 0 Å². The van der Waals surface area contributed by atoms with Gasteiger partial charge in [-0.15, -0.1) is 0 Å². The summed E-state index contributed by atoms with van der Waals surface area (Å²) in [6, 6.07) is 9.27. The Labute approximate surface area is 110 Å². The topological polar surface area (TPSA) is 0 Å². The van der Waals surface area contributed by atoms with E-state index in [9.17, 15) is 0 Å². The van der Waals surface area contributed by atoms with E-state index < -0.39 is 0 Å². The molecule has 0 nitrogen and oxygen atoms in total. The van der Waals surface area contributed by atoms with Crippen molar-refractivity contribution in [1.29, 1.82) is 0 Å². The highest BCUT2D eigenvalue weighted by Gasteiger charge is 2.16. The van der Waals surface area contributed by atoms with Crippen molar-refractivity contribution >= 4 is 5.57 Å². The molecule has 0 aromatic heterocycles. The minimum absolute atomic E-state index is 0.821. The second-order valence-corrected chi connectivity index (χ2v) is 5.31. The molecule has 0 unspecified atom stereocenters. The van der Waals surface area contributed by atoms with E-state index in [1.54, 1.807) is 0 Å². The lowest BCUT2D eigenvalue weighted by atomic mass is 9.94. The van der Waals surface area contributed by atoms with Crippen molar-refractivity contribution in [2.45, 2.75) is 38.0 Å². The van der Waals surface area contributed by atoms with Crippen LogP contribution < -0.4 is 0 Å². The van der Waals surface area contributed by atoms with Gasteiger partial charge in [-0.1, -0.05) is 67.5 Å². The van der Waals surface area contributed by atoms with E-state index >= 15 is 0 Å². The molecule has 0 heterocycles. The van der Waals surface area contributed by atoms with Crippen LogP contribution in [0.4, 0.5) is 0 Å². The molecular weight excluding hydrogens is 216 g/mol. The maximum atomic E-state index is 2.34.